The normalized spacial score (nSPS) is 25.9. The molecule has 108 valence electrons. The van der Waals surface area contributed by atoms with Crippen molar-refractivity contribution in [3.8, 4) is 0 Å². The van der Waals surface area contributed by atoms with Gasteiger partial charge in [0.1, 0.15) is 0 Å². The molecule has 0 saturated carbocycles. The Balaban J connectivity index is 1.53. The summed E-state index contributed by atoms with van der Waals surface area (Å²) in [5, 5.41) is 3.48. The molecule has 0 amide bonds. The summed E-state index contributed by atoms with van der Waals surface area (Å²) in [5.74, 6) is 0.938. The Hall–Kier alpha value is -1.59. The highest BCUT2D eigenvalue weighted by atomic mass is 16.6. The van der Waals surface area contributed by atoms with Gasteiger partial charge in [-0.1, -0.05) is 30.3 Å². The number of benzene rings is 1. The summed E-state index contributed by atoms with van der Waals surface area (Å²) in [4.78, 5) is 6.71. The van der Waals surface area contributed by atoms with E-state index in [1.54, 1.807) is 0 Å². The number of guanidine groups is 1. The fourth-order valence-corrected chi connectivity index (χ4v) is 2.56. The maximum Gasteiger partial charge on any atom is 0.194 e. The Morgan fingerprint density at radius 2 is 2.15 bits per heavy atom. The Morgan fingerprint density at radius 1 is 1.30 bits per heavy atom. The van der Waals surface area contributed by atoms with Crippen LogP contribution >= 0.6 is 0 Å². The minimum atomic E-state index is 0.133. The van der Waals surface area contributed by atoms with Gasteiger partial charge in [0.05, 0.1) is 38.5 Å². The van der Waals surface area contributed by atoms with Crippen LogP contribution in [0, 0.1) is 0 Å². The molecule has 1 N–H and O–H groups in total. The van der Waals surface area contributed by atoms with E-state index >= 15 is 0 Å². The first-order valence-corrected chi connectivity index (χ1v) is 7.09. The standard InChI is InChI=1S/C15H21N3O2/c1-18(10-13-11-19-7-8-20-13)15-16-9-14(17-15)12-5-3-2-4-6-12/h2-6,13-14H,7-11H2,1H3,(H,16,17). The number of rotatable bonds is 3. The first-order valence-electron chi connectivity index (χ1n) is 7.09. The van der Waals surface area contributed by atoms with Crippen LogP contribution in [0.5, 0.6) is 0 Å². The number of aliphatic imine (C=N–C) groups is 1. The van der Waals surface area contributed by atoms with Gasteiger partial charge in [-0.15, -0.1) is 0 Å². The number of nitrogens with one attached hydrogen (secondary N) is 1. The number of ether oxygens (including phenoxy) is 2. The van der Waals surface area contributed by atoms with Crippen LogP contribution in [0.3, 0.4) is 0 Å². The lowest BCUT2D eigenvalue weighted by Crippen LogP contribution is -2.44. The van der Waals surface area contributed by atoms with E-state index in [2.05, 4.69) is 39.5 Å². The molecular formula is C15H21N3O2. The van der Waals surface area contributed by atoms with Gasteiger partial charge in [0, 0.05) is 13.6 Å². The average molecular weight is 275 g/mol. The molecular weight excluding hydrogens is 254 g/mol. The average Bonchev–Trinajstić information content (AvgIpc) is 2.99. The Morgan fingerprint density at radius 3 is 2.90 bits per heavy atom. The van der Waals surface area contributed by atoms with Crippen LogP contribution in [0.25, 0.3) is 0 Å². The Kier molecular flexibility index (Phi) is 4.18. The van der Waals surface area contributed by atoms with Crippen LogP contribution in [0.4, 0.5) is 0 Å². The van der Waals surface area contributed by atoms with Crippen LogP contribution < -0.4 is 5.32 Å². The van der Waals surface area contributed by atoms with Gasteiger partial charge >= 0.3 is 0 Å². The largest absolute Gasteiger partial charge is 0.376 e. The maximum absolute atomic E-state index is 5.67. The second kappa shape index (κ2) is 6.24. The highest BCUT2D eigenvalue weighted by Crippen LogP contribution is 2.17. The van der Waals surface area contributed by atoms with Gasteiger partial charge in [-0.3, -0.25) is 4.99 Å². The second-order valence-corrected chi connectivity index (χ2v) is 5.22. The van der Waals surface area contributed by atoms with Crippen LogP contribution in [-0.2, 0) is 9.47 Å². The van der Waals surface area contributed by atoms with Crippen molar-refractivity contribution in [2.45, 2.75) is 12.1 Å². The molecule has 1 fully saturated rings. The predicted molar refractivity (Wildman–Crippen MR) is 77.8 cm³/mol. The fraction of sp³-hybridized carbons (Fsp3) is 0.533. The van der Waals surface area contributed by atoms with Gasteiger partial charge in [-0.25, -0.2) is 0 Å². The van der Waals surface area contributed by atoms with Crippen LogP contribution in [0.1, 0.15) is 11.6 Å². The van der Waals surface area contributed by atoms with E-state index < -0.39 is 0 Å². The molecule has 2 aliphatic rings. The Labute approximate surface area is 119 Å². The van der Waals surface area contributed by atoms with E-state index in [0.717, 1.165) is 19.0 Å². The fourth-order valence-electron chi connectivity index (χ4n) is 2.56. The molecule has 0 aliphatic carbocycles. The van der Waals surface area contributed by atoms with Crippen LogP contribution in [-0.4, -0.2) is 56.9 Å². The zero-order chi connectivity index (χ0) is 13.8. The summed E-state index contributed by atoms with van der Waals surface area (Å²) in [6.45, 7) is 3.64. The minimum Gasteiger partial charge on any atom is -0.376 e. The minimum absolute atomic E-state index is 0.133. The van der Waals surface area contributed by atoms with Crippen molar-refractivity contribution >= 4 is 5.96 Å². The van der Waals surface area contributed by atoms with Gasteiger partial charge in [0.15, 0.2) is 5.96 Å². The lowest BCUT2D eigenvalue weighted by molar-refractivity contribution is -0.0918. The number of hydrogen-bond donors (Lipinski definition) is 1. The molecule has 0 radical (unpaired) electrons. The molecule has 1 saturated heterocycles. The van der Waals surface area contributed by atoms with Crippen LogP contribution in [0.2, 0.25) is 0 Å². The van der Waals surface area contributed by atoms with E-state index in [0.29, 0.717) is 19.8 Å². The van der Waals surface area contributed by atoms with Crippen molar-refractivity contribution in [2.75, 3.05) is 40.0 Å². The monoisotopic (exact) mass is 275 g/mol. The summed E-state index contributed by atoms with van der Waals surface area (Å²) in [6.07, 6.45) is 0.133. The lowest BCUT2D eigenvalue weighted by atomic mass is 10.1. The van der Waals surface area contributed by atoms with Gasteiger partial charge in [-0.2, -0.15) is 0 Å². The summed E-state index contributed by atoms with van der Waals surface area (Å²) in [6, 6.07) is 10.7. The highest BCUT2D eigenvalue weighted by molar-refractivity contribution is 5.82. The number of nitrogens with zero attached hydrogens (tertiary/aromatic N) is 2. The molecule has 0 spiro atoms. The quantitative estimate of drug-likeness (QED) is 0.895. The van der Waals surface area contributed by atoms with Crippen molar-refractivity contribution in [3.63, 3.8) is 0 Å². The molecule has 2 heterocycles. The summed E-state index contributed by atoms with van der Waals surface area (Å²) in [7, 11) is 2.04. The smallest absolute Gasteiger partial charge is 0.194 e. The zero-order valence-corrected chi connectivity index (χ0v) is 11.8. The van der Waals surface area contributed by atoms with E-state index in [4.69, 9.17) is 9.47 Å². The van der Waals surface area contributed by atoms with E-state index in [9.17, 15) is 0 Å². The van der Waals surface area contributed by atoms with Gasteiger partial charge in [0.2, 0.25) is 0 Å². The molecule has 1 aromatic rings. The molecule has 2 atom stereocenters. The third-order valence-corrected chi connectivity index (χ3v) is 3.65. The molecule has 3 rings (SSSR count). The molecule has 2 aliphatic heterocycles. The van der Waals surface area contributed by atoms with Gasteiger partial charge in [0.25, 0.3) is 0 Å². The van der Waals surface area contributed by atoms with Crippen molar-refractivity contribution in [2.24, 2.45) is 4.99 Å². The maximum atomic E-state index is 5.67. The van der Waals surface area contributed by atoms with Crippen LogP contribution in [0.15, 0.2) is 35.3 Å². The first-order chi connectivity index (χ1) is 9.83. The van der Waals surface area contributed by atoms with Gasteiger partial charge in [-0.05, 0) is 5.56 Å². The van der Waals surface area contributed by atoms with E-state index in [1.165, 1.54) is 5.56 Å². The Bertz CT molecular complexity index is 457. The SMILES string of the molecule is CN(CC1COCCO1)C1=NCC(c2ccccc2)N1. The predicted octanol–water partition coefficient (Wildman–Crippen LogP) is 1.03. The third-order valence-electron chi connectivity index (χ3n) is 3.65. The van der Waals surface area contributed by atoms with Crippen molar-refractivity contribution in [1.82, 2.24) is 10.2 Å². The van der Waals surface area contributed by atoms with Crippen molar-refractivity contribution < 1.29 is 9.47 Å². The molecule has 0 aromatic heterocycles. The molecule has 0 bridgehead atoms. The summed E-state index contributed by atoms with van der Waals surface area (Å²) in [5.41, 5.74) is 1.27. The topological polar surface area (TPSA) is 46.1 Å². The molecule has 5 nitrogen and oxygen atoms in total. The van der Waals surface area contributed by atoms with Gasteiger partial charge < -0.3 is 19.7 Å². The molecule has 1 aromatic carbocycles. The van der Waals surface area contributed by atoms with Crippen molar-refractivity contribution in [1.29, 1.82) is 0 Å². The summed E-state index contributed by atoms with van der Waals surface area (Å²) >= 11 is 0. The zero-order valence-electron chi connectivity index (χ0n) is 11.8. The number of likely N-dealkylation sites (N-methyl/N-ethyl adjacent to an activating group) is 1. The van der Waals surface area contributed by atoms with E-state index in [-0.39, 0.29) is 12.1 Å². The highest BCUT2D eigenvalue weighted by Gasteiger charge is 2.24. The third kappa shape index (κ3) is 3.11. The number of hydrogen-bond acceptors (Lipinski definition) is 5. The second-order valence-electron chi connectivity index (χ2n) is 5.22. The van der Waals surface area contributed by atoms with Crippen molar-refractivity contribution in [3.05, 3.63) is 35.9 Å². The van der Waals surface area contributed by atoms with E-state index in [1.807, 2.05) is 13.1 Å². The summed E-state index contributed by atoms with van der Waals surface area (Å²) < 4.78 is 11.1. The molecule has 20 heavy (non-hydrogen) atoms. The molecule has 5 heteroatoms. The first kappa shape index (κ1) is 13.4. The molecule has 2 unspecified atom stereocenters. The lowest BCUT2D eigenvalue weighted by Gasteiger charge is -2.28.